The molecule has 2 amide bonds. The minimum Gasteiger partial charge on any atom is -0.365 e. The average Bonchev–Trinajstić information content (AvgIpc) is 3.07. The molecule has 30 heavy (non-hydrogen) atoms. The smallest absolute Gasteiger partial charge is 0.257 e. The molecule has 0 radical (unpaired) electrons. The van der Waals surface area contributed by atoms with E-state index in [4.69, 9.17) is 5.73 Å². The Morgan fingerprint density at radius 2 is 1.97 bits per heavy atom. The number of thioether (sulfide) groups is 1. The van der Waals surface area contributed by atoms with E-state index in [-0.39, 0.29) is 17.3 Å². The summed E-state index contributed by atoms with van der Waals surface area (Å²) in [4.78, 5) is 34.2. The van der Waals surface area contributed by atoms with E-state index in [0.29, 0.717) is 24.4 Å². The molecule has 2 aliphatic heterocycles. The third-order valence-corrected chi connectivity index (χ3v) is 7.18. The van der Waals surface area contributed by atoms with Gasteiger partial charge < -0.3 is 15.5 Å². The third-order valence-electron chi connectivity index (χ3n) is 5.72. The second-order valence-electron chi connectivity index (χ2n) is 7.77. The number of hydrogen-bond donors (Lipinski definition) is 1. The summed E-state index contributed by atoms with van der Waals surface area (Å²) in [7, 11) is 0. The highest BCUT2D eigenvalue weighted by molar-refractivity contribution is 8.04. The molecule has 2 unspecified atom stereocenters. The van der Waals surface area contributed by atoms with Gasteiger partial charge in [-0.25, -0.2) is 0 Å². The monoisotopic (exact) mass is 422 g/mol. The third kappa shape index (κ3) is 4.21. The number of benzene rings is 1. The summed E-state index contributed by atoms with van der Waals surface area (Å²) in [5.74, 6) is -0.367. The maximum atomic E-state index is 13.4. The molecule has 4 rings (SSSR count). The van der Waals surface area contributed by atoms with Gasteiger partial charge in [0.2, 0.25) is 5.91 Å². The van der Waals surface area contributed by atoms with E-state index in [1.165, 1.54) is 11.8 Å². The highest BCUT2D eigenvalue weighted by atomic mass is 32.2. The van der Waals surface area contributed by atoms with Crippen molar-refractivity contribution >= 4 is 23.6 Å². The zero-order valence-corrected chi connectivity index (χ0v) is 17.8. The van der Waals surface area contributed by atoms with Crippen LogP contribution in [0.4, 0.5) is 0 Å². The van der Waals surface area contributed by atoms with Crippen LogP contribution < -0.4 is 5.73 Å². The number of nitrogens with two attached hydrogens (primary N) is 1. The Morgan fingerprint density at radius 1 is 1.20 bits per heavy atom. The van der Waals surface area contributed by atoms with E-state index in [1.54, 1.807) is 6.20 Å². The van der Waals surface area contributed by atoms with Crippen molar-refractivity contribution < 1.29 is 9.59 Å². The molecular formula is C23H26N4O2S. The second kappa shape index (κ2) is 8.92. The lowest BCUT2D eigenvalue weighted by molar-refractivity contribution is -0.141. The number of likely N-dealkylation sites (tertiary alicyclic amines) is 1. The van der Waals surface area contributed by atoms with Crippen LogP contribution >= 0.6 is 11.8 Å². The molecule has 0 spiro atoms. The summed E-state index contributed by atoms with van der Waals surface area (Å²) in [6, 6.07) is 14.0. The van der Waals surface area contributed by atoms with Crippen LogP contribution in [0, 0.1) is 5.92 Å². The van der Waals surface area contributed by atoms with Crippen LogP contribution in [0.2, 0.25) is 0 Å². The van der Waals surface area contributed by atoms with Crippen LogP contribution in [0.1, 0.15) is 30.9 Å². The van der Waals surface area contributed by atoms with E-state index in [2.05, 4.69) is 22.0 Å². The molecule has 2 aromatic rings. The lowest BCUT2D eigenvalue weighted by Gasteiger charge is -2.41. The van der Waals surface area contributed by atoms with E-state index in [0.717, 1.165) is 29.7 Å². The highest BCUT2D eigenvalue weighted by Crippen LogP contribution is 2.42. The zero-order valence-electron chi connectivity index (χ0n) is 17.0. The molecule has 6 nitrogen and oxygen atoms in total. The number of carbonyl (C=O) groups excluding carboxylic acids is 2. The number of amides is 2. The number of pyridine rings is 1. The van der Waals surface area contributed by atoms with Crippen molar-refractivity contribution in [2.45, 2.75) is 38.2 Å². The minimum atomic E-state index is -0.436. The van der Waals surface area contributed by atoms with Gasteiger partial charge in [0.15, 0.2) is 5.50 Å². The van der Waals surface area contributed by atoms with E-state index in [9.17, 15) is 9.59 Å². The summed E-state index contributed by atoms with van der Waals surface area (Å²) in [5, 5.41) is 0. The van der Waals surface area contributed by atoms with Crippen molar-refractivity contribution in [1.29, 1.82) is 0 Å². The molecule has 156 valence electrons. The first-order valence-electron chi connectivity index (χ1n) is 10.2. The molecule has 3 heterocycles. The first-order valence-corrected chi connectivity index (χ1v) is 11.1. The number of piperidine rings is 1. The molecule has 1 fully saturated rings. The van der Waals surface area contributed by atoms with Gasteiger partial charge in [0.05, 0.1) is 4.91 Å². The Morgan fingerprint density at radius 3 is 2.67 bits per heavy atom. The normalized spacial score (nSPS) is 22.0. The van der Waals surface area contributed by atoms with Gasteiger partial charge in [-0.2, -0.15) is 0 Å². The predicted molar refractivity (Wildman–Crippen MR) is 118 cm³/mol. The quantitative estimate of drug-likeness (QED) is 0.774. The van der Waals surface area contributed by atoms with Crippen LogP contribution in [-0.4, -0.2) is 38.6 Å². The Hall–Kier alpha value is -2.80. The van der Waals surface area contributed by atoms with Gasteiger partial charge in [-0.15, -0.1) is 0 Å². The van der Waals surface area contributed by atoms with Crippen LogP contribution in [0.3, 0.4) is 0 Å². The lowest BCUT2D eigenvalue weighted by atomic mass is 9.91. The van der Waals surface area contributed by atoms with Gasteiger partial charge in [-0.1, -0.05) is 48.2 Å². The van der Waals surface area contributed by atoms with Gasteiger partial charge in [-0.05, 0) is 43.4 Å². The molecule has 2 N–H and O–H groups in total. The molecule has 0 aliphatic carbocycles. The summed E-state index contributed by atoms with van der Waals surface area (Å²) in [6.45, 7) is 3.22. The Bertz CT molecular complexity index is 948. The summed E-state index contributed by atoms with van der Waals surface area (Å²) >= 11 is 1.40. The molecule has 2 atom stereocenters. The SMILES string of the molecule is CC1=C(C(N)=O)SC(N2CCCC(Cc3cccnc3)C2=O)N1Cc1ccccc1. The molecule has 0 saturated carbocycles. The Labute approximate surface area is 181 Å². The molecular weight excluding hydrogens is 396 g/mol. The van der Waals surface area contributed by atoms with Crippen molar-refractivity contribution in [3.05, 3.63) is 76.6 Å². The largest absolute Gasteiger partial charge is 0.365 e. The number of rotatable bonds is 6. The summed E-state index contributed by atoms with van der Waals surface area (Å²) in [5.41, 5.74) is 8.43. The number of hydrogen-bond acceptors (Lipinski definition) is 5. The predicted octanol–water partition coefficient (Wildman–Crippen LogP) is 3.11. The van der Waals surface area contributed by atoms with E-state index < -0.39 is 5.91 Å². The van der Waals surface area contributed by atoms with Gasteiger partial charge in [0, 0.05) is 37.1 Å². The number of nitrogens with zero attached hydrogens (tertiary/aromatic N) is 3. The van der Waals surface area contributed by atoms with Crippen molar-refractivity contribution in [2.75, 3.05) is 6.54 Å². The van der Waals surface area contributed by atoms with Gasteiger partial charge >= 0.3 is 0 Å². The van der Waals surface area contributed by atoms with Crippen LogP contribution in [-0.2, 0) is 22.6 Å². The molecule has 0 bridgehead atoms. The summed E-state index contributed by atoms with van der Waals surface area (Å²) in [6.07, 6.45) is 6.08. The highest BCUT2D eigenvalue weighted by Gasteiger charge is 2.41. The molecule has 7 heteroatoms. The van der Waals surface area contributed by atoms with Crippen molar-refractivity contribution in [3.63, 3.8) is 0 Å². The average molecular weight is 423 g/mol. The van der Waals surface area contributed by atoms with Crippen LogP contribution in [0.5, 0.6) is 0 Å². The van der Waals surface area contributed by atoms with Crippen LogP contribution in [0.15, 0.2) is 65.5 Å². The molecule has 1 aromatic carbocycles. The Balaban J connectivity index is 1.57. The zero-order chi connectivity index (χ0) is 21.1. The molecule has 1 saturated heterocycles. The van der Waals surface area contributed by atoms with E-state index in [1.807, 2.05) is 48.4 Å². The number of allylic oxidation sites excluding steroid dienone is 1. The Kier molecular flexibility index (Phi) is 6.08. The second-order valence-corrected chi connectivity index (χ2v) is 8.84. The fourth-order valence-electron chi connectivity index (χ4n) is 4.18. The van der Waals surface area contributed by atoms with Gasteiger partial charge in [-0.3, -0.25) is 14.6 Å². The maximum absolute atomic E-state index is 13.4. The minimum absolute atomic E-state index is 0.0694. The molecule has 2 aliphatic rings. The first kappa shape index (κ1) is 20.5. The van der Waals surface area contributed by atoms with Crippen molar-refractivity contribution in [1.82, 2.24) is 14.8 Å². The maximum Gasteiger partial charge on any atom is 0.257 e. The van der Waals surface area contributed by atoms with Gasteiger partial charge in [0.25, 0.3) is 5.91 Å². The fourth-order valence-corrected chi connectivity index (χ4v) is 5.49. The molecule has 1 aromatic heterocycles. The van der Waals surface area contributed by atoms with Crippen LogP contribution in [0.25, 0.3) is 0 Å². The lowest BCUT2D eigenvalue weighted by Crippen LogP contribution is -2.51. The number of carbonyl (C=O) groups is 2. The first-order chi connectivity index (χ1) is 14.5. The van der Waals surface area contributed by atoms with Gasteiger partial charge in [0.1, 0.15) is 0 Å². The number of aromatic nitrogens is 1. The van der Waals surface area contributed by atoms with E-state index >= 15 is 0 Å². The standard InChI is InChI=1S/C23H26N4O2S/c1-16-20(21(24)28)30-23(27(16)15-17-7-3-2-4-8-17)26-12-6-10-19(22(26)29)13-18-9-5-11-25-14-18/h2-5,7-9,11,14,19,23H,6,10,12-13,15H2,1H3,(H2,24,28). The topological polar surface area (TPSA) is 79.5 Å². The number of primary amides is 1. The fraction of sp³-hybridized carbons (Fsp3) is 0.348. The van der Waals surface area contributed by atoms with Crippen molar-refractivity contribution in [3.8, 4) is 0 Å². The van der Waals surface area contributed by atoms with Crippen molar-refractivity contribution in [2.24, 2.45) is 11.7 Å². The summed E-state index contributed by atoms with van der Waals surface area (Å²) < 4.78 is 0.